The van der Waals surface area contributed by atoms with E-state index in [1.807, 2.05) is 36.5 Å². The minimum absolute atomic E-state index is 0.260. The lowest BCUT2D eigenvalue weighted by Crippen LogP contribution is -2.33. The first kappa shape index (κ1) is 16.7. The normalized spacial score (nSPS) is 12.6. The first-order valence-electron chi connectivity index (χ1n) is 8.50. The molecule has 4 rings (SSSR count). The highest BCUT2D eigenvalue weighted by Gasteiger charge is 2.17. The monoisotopic (exact) mass is 359 g/mol. The van der Waals surface area contributed by atoms with E-state index in [4.69, 9.17) is 0 Å². The number of aromatic nitrogens is 3. The Kier molecular flexibility index (Phi) is 4.25. The van der Waals surface area contributed by atoms with Crippen molar-refractivity contribution >= 4 is 33.9 Å². The lowest BCUT2D eigenvalue weighted by Gasteiger charge is -2.13. The van der Waals surface area contributed by atoms with Crippen LogP contribution in [0.1, 0.15) is 18.5 Å². The molecule has 0 radical (unpaired) electrons. The number of carbonyl (C=O) groups is 1. The molecule has 1 unspecified atom stereocenters. The zero-order valence-electron chi connectivity index (χ0n) is 14.6. The second-order valence-corrected chi connectivity index (χ2v) is 6.17. The van der Waals surface area contributed by atoms with Crippen molar-refractivity contribution in [3.05, 3.63) is 77.0 Å². The molecule has 2 N–H and O–H groups in total. The third-order valence-electron chi connectivity index (χ3n) is 4.49. The van der Waals surface area contributed by atoms with E-state index in [-0.39, 0.29) is 5.56 Å². The number of nitrogens with zero attached hydrogens (tertiary/aromatic N) is 3. The van der Waals surface area contributed by atoms with Gasteiger partial charge in [-0.05, 0) is 25.1 Å². The van der Waals surface area contributed by atoms with Gasteiger partial charge >= 0.3 is 0 Å². The number of aromatic amines is 1. The molecule has 7 nitrogen and oxygen atoms in total. The predicted octanol–water partition coefficient (Wildman–Crippen LogP) is 2.59. The highest BCUT2D eigenvalue weighted by molar-refractivity contribution is 5.99. The molecule has 4 aromatic rings. The van der Waals surface area contributed by atoms with Gasteiger partial charge in [-0.25, -0.2) is 10.4 Å². The second kappa shape index (κ2) is 6.87. The molecule has 2 aromatic carbocycles. The van der Waals surface area contributed by atoms with Crippen LogP contribution in [0.4, 0.5) is 0 Å². The van der Waals surface area contributed by atoms with Crippen molar-refractivity contribution in [3.8, 4) is 0 Å². The fourth-order valence-corrected chi connectivity index (χ4v) is 2.94. The van der Waals surface area contributed by atoms with Crippen LogP contribution in [0.2, 0.25) is 0 Å². The molecule has 2 heterocycles. The van der Waals surface area contributed by atoms with E-state index in [9.17, 15) is 9.59 Å². The maximum atomic E-state index is 12.6. The number of amides is 1. The van der Waals surface area contributed by atoms with Crippen LogP contribution in [0.15, 0.2) is 71.0 Å². The van der Waals surface area contributed by atoms with Gasteiger partial charge < -0.3 is 4.98 Å². The van der Waals surface area contributed by atoms with E-state index in [1.54, 1.807) is 31.3 Å². The lowest BCUT2D eigenvalue weighted by atomic mass is 10.2. The summed E-state index contributed by atoms with van der Waals surface area (Å²) < 4.78 is 1.30. The third-order valence-corrected chi connectivity index (χ3v) is 4.49. The standard InChI is InChI=1S/C20H17N5O2/c1-13(25-12-22-18-9-5-3-7-16(18)20(25)27)19(26)24-23-11-14-10-21-17-8-4-2-6-15(14)17/h2-13,21H,1H3,(H,24,26). The van der Waals surface area contributed by atoms with Crippen molar-refractivity contribution in [2.45, 2.75) is 13.0 Å². The largest absolute Gasteiger partial charge is 0.361 e. The van der Waals surface area contributed by atoms with Gasteiger partial charge in [-0.1, -0.05) is 30.3 Å². The lowest BCUT2D eigenvalue weighted by molar-refractivity contribution is -0.123. The zero-order chi connectivity index (χ0) is 18.8. The Balaban J connectivity index is 1.53. The van der Waals surface area contributed by atoms with E-state index in [0.29, 0.717) is 10.9 Å². The predicted molar refractivity (Wildman–Crippen MR) is 105 cm³/mol. The van der Waals surface area contributed by atoms with Crippen LogP contribution in [-0.2, 0) is 4.79 Å². The van der Waals surface area contributed by atoms with E-state index >= 15 is 0 Å². The van der Waals surface area contributed by atoms with Crippen molar-refractivity contribution in [1.29, 1.82) is 0 Å². The van der Waals surface area contributed by atoms with Crippen LogP contribution in [0.3, 0.4) is 0 Å². The number of benzene rings is 2. The highest BCUT2D eigenvalue weighted by atomic mass is 16.2. The Labute approximate surface area is 154 Å². The first-order chi connectivity index (χ1) is 13.1. The van der Waals surface area contributed by atoms with Crippen LogP contribution in [-0.4, -0.2) is 26.7 Å². The fourth-order valence-electron chi connectivity index (χ4n) is 2.94. The molecule has 1 amide bonds. The average Bonchev–Trinajstić information content (AvgIpc) is 3.11. The Morgan fingerprint density at radius 2 is 1.93 bits per heavy atom. The molecule has 0 bridgehead atoms. The van der Waals surface area contributed by atoms with Gasteiger partial charge in [0.15, 0.2) is 0 Å². The topological polar surface area (TPSA) is 92.1 Å². The minimum Gasteiger partial charge on any atom is -0.361 e. The van der Waals surface area contributed by atoms with Gasteiger partial charge in [0.25, 0.3) is 11.5 Å². The van der Waals surface area contributed by atoms with Gasteiger partial charge in [-0.2, -0.15) is 5.10 Å². The number of carbonyl (C=O) groups excluding carboxylic acids is 1. The maximum Gasteiger partial charge on any atom is 0.262 e. The fraction of sp³-hybridized carbons (Fsp3) is 0.100. The molecular weight excluding hydrogens is 342 g/mol. The minimum atomic E-state index is -0.741. The molecule has 0 fully saturated rings. The average molecular weight is 359 g/mol. The summed E-state index contributed by atoms with van der Waals surface area (Å²) >= 11 is 0. The maximum absolute atomic E-state index is 12.6. The summed E-state index contributed by atoms with van der Waals surface area (Å²) in [5, 5.41) is 5.51. The summed E-state index contributed by atoms with van der Waals surface area (Å²) in [5.74, 6) is -0.398. The molecule has 0 saturated carbocycles. The van der Waals surface area contributed by atoms with E-state index in [1.165, 1.54) is 10.9 Å². The highest BCUT2D eigenvalue weighted by Crippen LogP contribution is 2.15. The number of rotatable bonds is 4. The number of hydrazone groups is 1. The van der Waals surface area contributed by atoms with Gasteiger partial charge in [-0.15, -0.1) is 0 Å². The molecule has 0 aliphatic carbocycles. The number of nitrogens with one attached hydrogen (secondary N) is 2. The Hall–Kier alpha value is -3.74. The van der Waals surface area contributed by atoms with Crippen molar-refractivity contribution < 1.29 is 4.79 Å². The van der Waals surface area contributed by atoms with Crippen LogP contribution in [0, 0.1) is 0 Å². The number of hydrogen-bond donors (Lipinski definition) is 2. The van der Waals surface area contributed by atoms with Crippen LogP contribution in [0.25, 0.3) is 21.8 Å². The van der Waals surface area contributed by atoms with Crippen molar-refractivity contribution in [3.63, 3.8) is 0 Å². The molecule has 1 atom stereocenters. The second-order valence-electron chi connectivity index (χ2n) is 6.17. The van der Waals surface area contributed by atoms with Gasteiger partial charge in [-0.3, -0.25) is 14.2 Å². The summed E-state index contributed by atoms with van der Waals surface area (Å²) in [6.07, 6.45) is 4.78. The smallest absolute Gasteiger partial charge is 0.262 e. The summed E-state index contributed by atoms with van der Waals surface area (Å²) in [5.41, 5.74) is 4.69. The molecule has 0 aliphatic heterocycles. The Morgan fingerprint density at radius 3 is 2.78 bits per heavy atom. The molecule has 2 aromatic heterocycles. The van der Waals surface area contributed by atoms with E-state index < -0.39 is 11.9 Å². The number of para-hydroxylation sites is 2. The number of fused-ring (bicyclic) bond motifs is 2. The third kappa shape index (κ3) is 3.10. The summed E-state index contributed by atoms with van der Waals surface area (Å²) in [6.45, 7) is 1.63. The summed E-state index contributed by atoms with van der Waals surface area (Å²) in [4.78, 5) is 32.4. The number of hydrogen-bond acceptors (Lipinski definition) is 4. The SMILES string of the molecule is CC(C(=O)NN=Cc1c[nH]c2ccccc12)n1cnc2ccccc2c1=O. The Morgan fingerprint density at radius 1 is 1.19 bits per heavy atom. The molecule has 27 heavy (non-hydrogen) atoms. The van der Waals surface area contributed by atoms with E-state index in [2.05, 4.69) is 20.5 Å². The molecule has 134 valence electrons. The van der Waals surface area contributed by atoms with Crippen LogP contribution >= 0.6 is 0 Å². The van der Waals surface area contributed by atoms with Crippen molar-refractivity contribution in [2.24, 2.45) is 5.10 Å². The van der Waals surface area contributed by atoms with Crippen LogP contribution < -0.4 is 11.0 Å². The quantitative estimate of drug-likeness (QED) is 0.433. The van der Waals surface area contributed by atoms with Gasteiger partial charge in [0.1, 0.15) is 6.04 Å². The molecule has 0 saturated heterocycles. The van der Waals surface area contributed by atoms with Gasteiger partial charge in [0.05, 0.1) is 23.4 Å². The molecule has 7 heteroatoms. The zero-order valence-corrected chi connectivity index (χ0v) is 14.6. The van der Waals surface area contributed by atoms with Gasteiger partial charge in [0.2, 0.25) is 0 Å². The molecule has 0 aliphatic rings. The van der Waals surface area contributed by atoms with Gasteiger partial charge in [0, 0.05) is 22.7 Å². The Bertz CT molecular complexity index is 1220. The van der Waals surface area contributed by atoms with E-state index in [0.717, 1.165) is 16.5 Å². The van der Waals surface area contributed by atoms with Crippen molar-refractivity contribution in [1.82, 2.24) is 20.0 Å². The van der Waals surface area contributed by atoms with Crippen molar-refractivity contribution in [2.75, 3.05) is 0 Å². The summed E-state index contributed by atoms with van der Waals surface area (Å²) in [7, 11) is 0. The first-order valence-corrected chi connectivity index (χ1v) is 8.50. The molecule has 0 spiro atoms. The van der Waals surface area contributed by atoms with Crippen LogP contribution in [0.5, 0.6) is 0 Å². The summed E-state index contributed by atoms with van der Waals surface area (Å²) in [6, 6.07) is 14.1. The molecular formula is C20H17N5O2. The number of H-pyrrole nitrogens is 1.